The fourth-order valence-electron chi connectivity index (χ4n) is 4.35. The number of nitrogens with one attached hydrogen (secondary N) is 2. The van der Waals surface area contributed by atoms with Crippen LogP contribution < -0.4 is 20.1 Å². The van der Waals surface area contributed by atoms with Gasteiger partial charge in [0.2, 0.25) is 5.88 Å². The first-order chi connectivity index (χ1) is 14.2. The molecule has 1 atom stereocenters. The van der Waals surface area contributed by atoms with Crippen LogP contribution in [0.1, 0.15) is 56.2 Å². The molecule has 1 unspecified atom stereocenters. The molecule has 1 spiro atoms. The van der Waals surface area contributed by atoms with Gasteiger partial charge >= 0.3 is 0 Å². The van der Waals surface area contributed by atoms with Gasteiger partial charge in [-0.2, -0.15) is 0 Å². The van der Waals surface area contributed by atoms with E-state index in [1.807, 2.05) is 18.3 Å². The molecular formula is C23H31IN4O2. The average Bonchev–Trinajstić information content (AvgIpc) is 3.19. The SMILES string of the molecule is CCNC(=NCc1ccc(OC)nc1)NC1CC2(CCCC2)Oc2ccccc21.I. The molecule has 2 aliphatic rings. The molecular weight excluding hydrogens is 491 g/mol. The molecule has 1 aliphatic carbocycles. The number of nitrogens with zero attached hydrogens (tertiary/aromatic N) is 2. The molecule has 2 aromatic rings. The number of pyridine rings is 1. The number of aromatic nitrogens is 1. The molecule has 2 N–H and O–H groups in total. The van der Waals surface area contributed by atoms with E-state index in [1.54, 1.807) is 7.11 Å². The quantitative estimate of drug-likeness (QED) is 0.342. The highest BCUT2D eigenvalue weighted by atomic mass is 127. The zero-order chi connectivity index (χ0) is 20.1. The zero-order valence-electron chi connectivity index (χ0n) is 17.7. The van der Waals surface area contributed by atoms with Gasteiger partial charge in [-0.1, -0.05) is 24.3 Å². The van der Waals surface area contributed by atoms with Crippen molar-refractivity contribution in [2.45, 2.75) is 57.2 Å². The number of methoxy groups -OCH3 is 1. The standard InChI is InChI=1S/C23H30N4O2.HI/c1-3-24-22(26-16-17-10-11-21(28-2)25-15-17)27-19-14-23(12-6-7-13-23)29-20-9-5-4-8-18(19)20;/h4-5,8-11,15,19H,3,6-7,12-14,16H2,1-2H3,(H2,24,26,27);1H. The Bertz CT molecular complexity index is 851. The average molecular weight is 522 g/mol. The Morgan fingerprint density at radius 3 is 2.73 bits per heavy atom. The van der Waals surface area contributed by atoms with Crippen LogP contribution in [0.25, 0.3) is 0 Å². The van der Waals surface area contributed by atoms with E-state index in [2.05, 4.69) is 46.8 Å². The first-order valence-corrected chi connectivity index (χ1v) is 10.5. The molecule has 2 heterocycles. The summed E-state index contributed by atoms with van der Waals surface area (Å²) in [6.07, 6.45) is 7.53. The van der Waals surface area contributed by atoms with Crippen molar-refractivity contribution >= 4 is 29.9 Å². The summed E-state index contributed by atoms with van der Waals surface area (Å²) in [4.78, 5) is 9.06. The highest BCUT2D eigenvalue weighted by Crippen LogP contribution is 2.46. The van der Waals surface area contributed by atoms with E-state index >= 15 is 0 Å². The lowest BCUT2D eigenvalue weighted by atomic mass is 9.86. The number of aliphatic imine (C=N–C) groups is 1. The third-order valence-electron chi connectivity index (χ3n) is 5.79. The van der Waals surface area contributed by atoms with Crippen LogP contribution in [0, 0.1) is 0 Å². The second kappa shape index (κ2) is 10.3. The summed E-state index contributed by atoms with van der Waals surface area (Å²) in [6, 6.07) is 12.4. The van der Waals surface area contributed by atoms with Gasteiger partial charge in [0.1, 0.15) is 11.4 Å². The summed E-state index contributed by atoms with van der Waals surface area (Å²) >= 11 is 0. The molecule has 30 heavy (non-hydrogen) atoms. The van der Waals surface area contributed by atoms with Crippen LogP contribution in [0.3, 0.4) is 0 Å². The number of rotatable bonds is 5. The molecule has 4 rings (SSSR count). The number of benzene rings is 1. The summed E-state index contributed by atoms with van der Waals surface area (Å²) in [5, 5.41) is 7.06. The van der Waals surface area contributed by atoms with Crippen LogP contribution in [-0.4, -0.2) is 30.2 Å². The van der Waals surface area contributed by atoms with Gasteiger partial charge in [-0.25, -0.2) is 9.98 Å². The van der Waals surface area contributed by atoms with E-state index in [4.69, 9.17) is 14.5 Å². The lowest BCUT2D eigenvalue weighted by Crippen LogP contribution is -2.46. The van der Waals surface area contributed by atoms with Crippen molar-refractivity contribution in [2.75, 3.05) is 13.7 Å². The molecule has 1 aromatic heterocycles. The predicted octanol–water partition coefficient (Wildman–Crippen LogP) is 4.60. The van der Waals surface area contributed by atoms with Crippen molar-refractivity contribution in [1.82, 2.24) is 15.6 Å². The Morgan fingerprint density at radius 2 is 2.03 bits per heavy atom. The number of guanidine groups is 1. The van der Waals surface area contributed by atoms with Gasteiger partial charge in [-0.05, 0) is 44.2 Å². The van der Waals surface area contributed by atoms with E-state index < -0.39 is 0 Å². The molecule has 0 saturated heterocycles. The summed E-state index contributed by atoms with van der Waals surface area (Å²) in [5.74, 6) is 2.44. The molecule has 1 saturated carbocycles. The third-order valence-corrected chi connectivity index (χ3v) is 5.79. The fourth-order valence-corrected chi connectivity index (χ4v) is 4.35. The summed E-state index contributed by atoms with van der Waals surface area (Å²) in [6.45, 7) is 3.45. The molecule has 1 aromatic carbocycles. The van der Waals surface area contributed by atoms with Crippen LogP contribution in [0.5, 0.6) is 11.6 Å². The lowest BCUT2D eigenvalue weighted by Gasteiger charge is -2.40. The number of hydrogen-bond donors (Lipinski definition) is 2. The second-order valence-electron chi connectivity index (χ2n) is 7.84. The van der Waals surface area contributed by atoms with E-state index in [0.717, 1.165) is 43.1 Å². The Morgan fingerprint density at radius 1 is 1.23 bits per heavy atom. The van der Waals surface area contributed by atoms with Gasteiger partial charge in [0, 0.05) is 30.8 Å². The van der Waals surface area contributed by atoms with Crippen molar-refractivity contribution in [3.05, 3.63) is 53.7 Å². The summed E-state index contributed by atoms with van der Waals surface area (Å²) < 4.78 is 11.6. The van der Waals surface area contributed by atoms with E-state index in [0.29, 0.717) is 12.4 Å². The van der Waals surface area contributed by atoms with Gasteiger partial charge in [-0.3, -0.25) is 0 Å². The molecule has 162 valence electrons. The van der Waals surface area contributed by atoms with Crippen molar-refractivity contribution in [1.29, 1.82) is 0 Å². The van der Waals surface area contributed by atoms with Gasteiger partial charge in [0.25, 0.3) is 0 Å². The minimum atomic E-state index is -0.0384. The third kappa shape index (κ3) is 5.17. The molecule has 0 radical (unpaired) electrons. The van der Waals surface area contributed by atoms with Crippen molar-refractivity contribution in [3.63, 3.8) is 0 Å². The lowest BCUT2D eigenvalue weighted by molar-refractivity contribution is 0.0396. The van der Waals surface area contributed by atoms with Gasteiger partial charge in [-0.15, -0.1) is 24.0 Å². The maximum atomic E-state index is 6.48. The molecule has 7 heteroatoms. The monoisotopic (exact) mass is 522 g/mol. The van der Waals surface area contributed by atoms with Crippen LogP contribution in [0.2, 0.25) is 0 Å². The van der Waals surface area contributed by atoms with Crippen LogP contribution >= 0.6 is 24.0 Å². The van der Waals surface area contributed by atoms with Crippen LogP contribution in [0.15, 0.2) is 47.6 Å². The predicted molar refractivity (Wildman–Crippen MR) is 130 cm³/mol. The first kappa shape index (κ1) is 22.7. The molecule has 0 amide bonds. The highest BCUT2D eigenvalue weighted by molar-refractivity contribution is 14.0. The Hall–Kier alpha value is -2.03. The fraction of sp³-hybridized carbons (Fsp3) is 0.478. The van der Waals surface area contributed by atoms with Crippen LogP contribution in [-0.2, 0) is 6.54 Å². The van der Waals surface area contributed by atoms with Crippen molar-refractivity contribution in [3.8, 4) is 11.6 Å². The maximum absolute atomic E-state index is 6.48. The Kier molecular flexibility index (Phi) is 7.80. The van der Waals surface area contributed by atoms with E-state index in [1.165, 1.54) is 18.4 Å². The minimum Gasteiger partial charge on any atom is -0.487 e. The first-order valence-electron chi connectivity index (χ1n) is 10.5. The minimum absolute atomic E-state index is 0. The largest absolute Gasteiger partial charge is 0.487 e. The molecule has 1 aliphatic heterocycles. The number of fused-ring (bicyclic) bond motifs is 1. The number of para-hydroxylation sites is 1. The summed E-state index contributed by atoms with van der Waals surface area (Å²) in [5.41, 5.74) is 2.22. The van der Waals surface area contributed by atoms with Gasteiger partial charge in [0.15, 0.2) is 5.96 Å². The van der Waals surface area contributed by atoms with Gasteiger partial charge < -0.3 is 20.1 Å². The normalized spacial score (nSPS) is 19.4. The number of ether oxygens (including phenoxy) is 2. The smallest absolute Gasteiger partial charge is 0.212 e. The van der Waals surface area contributed by atoms with Crippen molar-refractivity contribution < 1.29 is 9.47 Å². The maximum Gasteiger partial charge on any atom is 0.212 e. The van der Waals surface area contributed by atoms with E-state index in [9.17, 15) is 0 Å². The number of hydrogen-bond acceptors (Lipinski definition) is 4. The molecule has 0 bridgehead atoms. The van der Waals surface area contributed by atoms with Crippen LogP contribution in [0.4, 0.5) is 0 Å². The van der Waals surface area contributed by atoms with E-state index in [-0.39, 0.29) is 35.6 Å². The Labute approximate surface area is 195 Å². The van der Waals surface area contributed by atoms with Crippen molar-refractivity contribution in [2.24, 2.45) is 4.99 Å². The topological polar surface area (TPSA) is 67.8 Å². The highest BCUT2D eigenvalue weighted by Gasteiger charge is 2.43. The number of halogens is 1. The van der Waals surface area contributed by atoms with Gasteiger partial charge in [0.05, 0.1) is 19.7 Å². The second-order valence-corrected chi connectivity index (χ2v) is 7.84. The molecule has 6 nitrogen and oxygen atoms in total. The Balaban J connectivity index is 0.00000256. The molecule has 1 fully saturated rings. The summed E-state index contributed by atoms with van der Waals surface area (Å²) in [7, 11) is 1.62. The zero-order valence-corrected chi connectivity index (χ0v) is 20.0.